The number of nitrogens with two attached hydrogens (primary N) is 1. The molecule has 0 aliphatic rings. The fraction of sp³-hybridized carbons (Fsp3) is 0. The van der Waals surface area contributed by atoms with E-state index in [1.165, 1.54) is 24.4 Å². The molecule has 1 aromatic heterocycles. The summed E-state index contributed by atoms with van der Waals surface area (Å²) < 4.78 is 40.3. The van der Waals surface area contributed by atoms with Crippen molar-refractivity contribution in [3.63, 3.8) is 0 Å². The number of aromatic nitrogens is 1. The topological polar surface area (TPSA) is 85.1 Å². The molecule has 0 aliphatic heterocycles. The maximum absolute atomic E-state index is 13.6. The zero-order valence-electron chi connectivity index (χ0n) is 9.47. The first-order valence-corrected chi connectivity index (χ1v) is 7.35. The van der Waals surface area contributed by atoms with Crippen LogP contribution in [-0.2, 0) is 10.0 Å². The second-order valence-corrected chi connectivity index (χ2v) is 6.21. The number of pyridine rings is 1. The molecule has 0 bridgehead atoms. The number of nitrogen functional groups attached to an aromatic ring is 1. The minimum Gasteiger partial charge on any atom is -0.398 e. The number of halogens is 2. The van der Waals surface area contributed by atoms with Crippen LogP contribution in [0.3, 0.4) is 0 Å². The lowest BCUT2D eigenvalue weighted by Crippen LogP contribution is -2.15. The smallest absolute Gasteiger partial charge is 0.265 e. The third kappa shape index (κ3) is 3.02. The van der Waals surface area contributed by atoms with Crippen LogP contribution in [0.4, 0.5) is 15.8 Å². The minimum absolute atomic E-state index is 0.0417. The van der Waals surface area contributed by atoms with Crippen molar-refractivity contribution in [1.29, 1.82) is 0 Å². The maximum Gasteiger partial charge on any atom is 0.265 e. The average Bonchev–Trinajstić information content (AvgIpc) is 2.33. The Labute approximate surface area is 117 Å². The van der Waals surface area contributed by atoms with Crippen LogP contribution in [0.25, 0.3) is 0 Å². The van der Waals surface area contributed by atoms with Crippen LogP contribution in [0.5, 0.6) is 0 Å². The van der Waals surface area contributed by atoms with Crippen molar-refractivity contribution in [2.45, 2.75) is 4.90 Å². The Kier molecular flexibility index (Phi) is 3.72. The van der Waals surface area contributed by atoms with Gasteiger partial charge in [0.05, 0.1) is 11.4 Å². The fourth-order valence-corrected chi connectivity index (χ4v) is 2.86. The fourth-order valence-electron chi connectivity index (χ4n) is 1.39. The lowest BCUT2D eigenvalue weighted by Gasteiger charge is -2.10. The van der Waals surface area contributed by atoms with Crippen molar-refractivity contribution in [3.8, 4) is 0 Å². The van der Waals surface area contributed by atoms with Crippen molar-refractivity contribution >= 4 is 37.3 Å². The van der Waals surface area contributed by atoms with E-state index in [9.17, 15) is 12.8 Å². The van der Waals surface area contributed by atoms with Gasteiger partial charge in [0.2, 0.25) is 0 Å². The van der Waals surface area contributed by atoms with Crippen LogP contribution in [0.15, 0.2) is 46.0 Å². The molecule has 1 aromatic carbocycles. The molecule has 0 fully saturated rings. The standard InChI is InChI=1S/C11H9BrFN3O2S/c12-7-1-2-10(8(13)5-7)16-19(17,18)11-6-15-4-3-9(11)14/h1-6,16H,(H2,14,15). The number of benzene rings is 1. The van der Waals surface area contributed by atoms with Crippen molar-refractivity contribution < 1.29 is 12.8 Å². The van der Waals surface area contributed by atoms with E-state index in [0.717, 1.165) is 12.3 Å². The highest BCUT2D eigenvalue weighted by Crippen LogP contribution is 2.24. The molecule has 0 unspecified atom stereocenters. The first-order valence-electron chi connectivity index (χ1n) is 5.07. The van der Waals surface area contributed by atoms with Crippen molar-refractivity contribution in [2.75, 3.05) is 10.5 Å². The predicted octanol–water partition coefficient (Wildman–Crippen LogP) is 2.37. The highest BCUT2D eigenvalue weighted by molar-refractivity contribution is 9.10. The molecular formula is C11H9BrFN3O2S. The van der Waals surface area contributed by atoms with E-state index in [1.807, 2.05) is 0 Å². The molecule has 0 saturated heterocycles. The van der Waals surface area contributed by atoms with Gasteiger partial charge in [0, 0.05) is 16.9 Å². The number of sulfonamides is 1. The molecule has 2 aromatic rings. The van der Waals surface area contributed by atoms with E-state index < -0.39 is 15.8 Å². The Morgan fingerprint density at radius 1 is 1.32 bits per heavy atom. The molecule has 19 heavy (non-hydrogen) atoms. The number of hydrogen-bond donors (Lipinski definition) is 2. The Morgan fingerprint density at radius 2 is 2.05 bits per heavy atom. The molecule has 100 valence electrons. The van der Waals surface area contributed by atoms with Crippen molar-refractivity contribution in [2.24, 2.45) is 0 Å². The van der Waals surface area contributed by atoms with Crippen LogP contribution in [-0.4, -0.2) is 13.4 Å². The zero-order valence-corrected chi connectivity index (χ0v) is 11.9. The largest absolute Gasteiger partial charge is 0.398 e. The predicted molar refractivity (Wildman–Crippen MR) is 73.6 cm³/mol. The van der Waals surface area contributed by atoms with Crippen LogP contribution in [0, 0.1) is 5.82 Å². The summed E-state index contributed by atoms with van der Waals surface area (Å²) in [5.41, 5.74) is 5.44. The van der Waals surface area contributed by atoms with Crippen LogP contribution < -0.4 is 10.5 Å². The van der Waals surface area contributed by atoms with Gasteiger partial charge in [-0.05, 0) is 24.3 Å². The maximum atomic E-state index is 13.6. The second kappa shape index (κ2) is 5.14. The van der Waals surface area contributed by atoms with E-state index >= 15 is 0 Å². The van der Waals surface area contributed by atoms with Gasteiger partial charge in [0.1, 0.15) is 10.7 Å². The molecule has 2 rings (SSSR count). The Hall–Kier alpha value is -1.67. The highest BCUT2D eigenvalue weighted by atomic mass is 79.9. The van der Waals surface area contributed by atoms with E-state index in [2.05, 4.69) is 25.6 Å². The molecule has 8 heteroatoms. The minimum atomic E-state index is -3.97. The van der Waals surface area contributed by atoms with Gasteiger partial charge in [0.25, 0.3) is 10.0 Å². The first-order chi connectivity index (χ1) is 8.90. The number of anilines is 2. The molecule has 0 atom stereocenters. The highest BCUT2D eigenvalue weighted by Gasteiger charge is 2.19. The molecule has 5 nitrogen and oxygen atoms in total. The molecule has 3 N–H and O–H groups in total. The summed E-state index contributed by atoms with van der Waals surface area (Å²) >= 11 is 3.09. The van der Waals surface area contributed by atoms with E-state index in [-0.39, 0.29) is 16.3 Å². The summed E-state index contributed by atoms with van der Waals surface area (Å²) in [6, 6.07) is 5.34. The first kappa shape index (κ1) is 13.8. The number of nitrogens with one attached hydrogen (secondary N) is 1. The van der Waals surface area contributed by atoms with Gasteiger partial charge >= 0.3 is 0 Å². The summed E-state index contributed by atoms with van der Waals surface area (Å²) in [5, 5.41) is 0. The Balaban J connectivity index is 2.40. The Bertz CT molecular complexity index is 722. The van der Waals surface area contributed by atoms with Gasteiger partial charge in [-0.1, -0.05) is 15.9 Å². The lowest BCUT2D eigenvalue weighted by molar-refractivity contribution is 0.598. The van der Waals surface area contributed by atoms with Gasteiger partial charge in [-0.25, -0.2) is 12.8 Å². The van der Waals surface area contributed by atoms with Crippen LogP contribution in [0.1, 0.15) is 0 Å². The third-order valence-corrected chi connectivity index (χ3v) is 4.18. The van der Waals surface area contributed by atoms with E-state index in [1.54, 1.807) is 0 Å². The molecule has 0 aliphatic carbocycles. The quantitative estimate of drug-likeness (QED) is 0.894. The molecule has 0 spiro atoms. The van der Waals surface area contributed by atoms with Crippen LogP contribution in [0.2, 0.25) is 0 Å². The summed E-state index contributed by atoms with van der Waals surface area (Å²) in [6.45, 7) is 0. The van der Waals surface area contributed by atoms with Gasteiger partial charge in [-0.15, -0.1) is 0 Å². The summed E-state index contributed by atoms with van der Waals surface area (Å²) in [6.07, 6.45) is 2.48. The van der Waals surface area contributed by atoms with Crippen molar-refractivity contribution in [3.05, 3.63) is 46.9 Å². The van der Waals surface area contributed by atoms with Gasteiger partial charge < -0.3 is 5.73 Å². The molecule has 1 heterocycles. The average molecular weight is 346 g/mol. The zero-order chi connectivity index (χ0) is 14.0. The number of nitrogens with zero attached hydrogens (tertiary/aromatic N) is 1. The van der Waals surface area contributed by atoms with E-state index in [0.29, 0.717) is 4.47 Å². The number of hydrogen-bond acceptors (Lipinski definition) is 4. The molecule has 0 amide bonds. The summed E-state index contributed by atoms with van der Waals surface area (Å²) in [7, 11) is -3.97. The molecule has 0 radical (unpaired) electrons. The van der Waals surface area contributed by atoms with Crippen LogP contribution >= 0.6 is 15.9 Å². The molecular weight excluding hydrogens is 337 g/mol. The lowest BCUT2D eigenvalue weighted by atomic mass is 10.3. The number of rotatable bonds is 3. The molecule has 0 saturated carbocycles. The van der Waals surface area contributed by atoms with Gasteiger partial charge in [0.15, 0.2) is 0 Å². The Morgan fingerprint density at radius 3 is 2.68 bits per heavy atom. The monoisotopic (exact) mass is 345 g/mol. The SMILES string of the molecule is Nc1ccncc1S(=O)(=O)Nc1ccc(Br)cc1F. The normalized spacial score (nSPS) is 11.3. The van der Waals surface area contributed by atoms with Gasteiger partial charge in [-0.2, -0.15) is 0 Å². The van der Waals surface area contributed by atoms with Gasteiger partial charge in [-0.3, -0.25) is 9.71 Å². The van der Waals surface area contributed by atoms with Crippen molar-refractivity contribution in [1.82, 2.24) is 4.98 Å². The van der Waals surface area contributed by atoms with E-state index in [4.69, 9.17) is 5.73 Å². The summed E-state index contributed by atoms with van der Waals surface area (Å²) in [4.78, 5) is 3.49. The second-order valence-electron chi connectivity index (χ2n) is 3.64. The third-order valence-electron chi connectivity index (χ3n) is 2.28. The summed E-state index contributed by atoms with van der Waals surface area (Å²) in [5.74, 6) is -0.694.